The highest BCUT2D eigenvalue weighted by atomic mass is 32.2. The lowest BCUT2D eigenvalue weighted by Gasteiger charge is -2.15. The van der Waals surface area contributed by atoms with Crippen LogP contribution in [0.5, 0.6) is 0 Å². The summed E-state index contributed by atoms with van der Waals surface area (Å²) in [6, 6.07) is 2.36. The van der Waals surface area contributed by atoms with E-state index in [1.54, 1.807) is 0 Å². The topological polar surface area (TPSA) is 27.0 Å². The first-order valence-electron chi connectivity index (χ1n) is 3.86. The highest BCUT2D eigenvalue weighted by Gasteiger charge is 2.07. The maximum absolute atomic E-state index is 8.69. The van der Waals surface area contributed by atoms with Crippen LogP contribution in [0.1, 0.15) is 13.3 Å². The Labute approximate surface area is 73.6 Å². The Morgan fingerprint density at radius 3 is 2.55 bits per heavy atom. The Morgan fingerprint density at radius 2 is 2.18 bits per heavy atom. The minimum Gasteiger partial charge on any atom is -0.294 e. The average Bonchev–Trinajstić information content (AvgIpc) is 1.97. The number of nitriles is 1. The summed E-state index contributed by atoms with van der Waals surface area (Å²) in [4.78, 5) is 1.97. The van der Waals surface area contributed by atoms with Crippen molar-refractivity contribution in [2.45, 2.75) is 19.4 Å². The molecule has 0 spiro atoms. The van der Waals surface area contributed by atoms with Crippen molar-refractivity contribution in [1.82, 2.24) is 4.90 Å². The molecule has 2 nitrogen and oxygen atoms in total. The highest BCUT2D eigenvalue weighted by molar-refractivity contribution is 7.99. The molecule has 0 amide bonds. The number of thioether (sulfide) groups is 1. The summed E-state index contributed by atoms with van der Waals surface area (Å²) in [5, 5.41) is 8.69. The summed E-state index contributed by atoms with van der Waals surface area (Å²) in [5.41, 5.74) is 0. The molecule has 3 heteroatoms. The Kier molecular flexibility index (Phi) is 6.39. The van der Waals surface area contributed by atoms with Gasteiger partial charge < -0.3 is 0 Å². The molecule has 0 aromatic rings. The molecule has 0 radical (unpaired) electrons. The quantitative estimate of drug-likeness (QED) is 0.589. The monoisotopic (exact) mass is 172 g/mol. The summed E-state index contributed by atoms with van der Waals surface area (Å²) in [6.45, 7) is 2.14. The normalized spacial score (nSPS) is 13.0. The molecule has 0 N–H and O–H groups in total. The lowest BCUT2D eigenvalue weighted by atomic mass is 10.2. The van der Waals surface area contributed by atoms with E-state index in [0.717, 1.165) is 17.9 Å². The van der Waals surface area contributed by atoms with Crippen LogP contribution in [0.2, 0.25) is 0 Å². The molecule has 0 fully saturated rings. The molecule has 0 aliphatic rings. The molecule has 11 heavy (non-hydrogen) atoms. The van der Waals surface area contributed by atoms with Gasteiger partial charge in [-0.25, -0.2) is 0 Å². The molecule has 0 heterocycles. The summed E-state index contributed by atoms with van der Waals surface area (Å²) in [5.74, 6) is 2.23. The Balaban J connectivity index is 3.47. The first-order chi connectivity index (χ1) is 5.22. The smallest absolute Gasteiger partial charge is 0.0980 e. The summed E-state index contributed by atoms with van der Waals surface area (Å²) >= 11 is 1.89. The van der Waals surface area contributed by atoms with Crippen molar-refractivity contribution in [3.05, 3.63) is 0 Å². The molecule has 1 atom stereocenters. The van der Waals surface area contributed by atoms with Crippen LogP contribution in [-0.2, 0) is 0 Å². The maximum Gasteiger partial charge on any atom is 0.0980 e. The zero-order valence-corrected chi connectivity index (χ0v) is 8.32. The molecule has 0 rings (SSSR count). The van der Waals surface area contributed by atoms with Crippen LogP contribution >= 0.6 is 11.8 Å². The third-order valence-corrected chi connectivity index (χ3v) is 2.44. The van der Waals surface area contributed by atoms with Crippen LogP contribution in [0.3, 0.4) is 0 Å². The van der Waals surface area contributed by atoms with Gasteiger partial charge >= 0.3 is 0 Å². The second-order valence-corrected chi connectivity index (χ2v) is 3.99. The van der Waals surface area contributed by atoms with Crippen molar-refractivity contribution in [3.8, 4) is 6.07 Å². The maximum atomic E-state index is 8.69. The van der Waals surface area contributed by atoms with Crippen molar-refractivity contribution in [3.63, 3.8) is 0 Å². The lowest BCUT2D eigenvalue weighted by Crippen LogP contribution is -2.26. The average molecular weight is 172 g/mol. The number of nitrogens with zero attached hydrogens (tertiary/aromatic N) is 2. The van der Waals surface area contributed by atoms with Crippen LogP contribution in [0, 0.1) is 11.3 Å². The molecule has 0 aromatic heterocycles. The highest BCUT2D eigenvalue weighted by Crippen LogP contribution is 2.06. The van der Waals surface area contributed by atoms with Crippen LogP contribution in [0.25, 0.3) is 0 Å². The minimum absolute atomic E-state index is 0.0917. The zero-order chi connectivity index (χ0) is 8.69. The summed E-state index contributed by atoms with van der Waals surface area (Å²) < 4.78 is 0. The van der Waals surface area contributed by atoms with Gasteiger partial charge in [0.15, 0.2) is 0 Å². The van der Waals surface area contributed by atoms with E-state index in [1.807, 2.05) is 30.8 Å². The van der Waals surface area contributed by atoms with Gasteiger partial charge in [0.25, 0.3) is 0 Å². The first kappa shape index (κ1) is 10.8. The Hall–Kier alpha value is -0.200. The molecular formula is C8H16N2S. The van der Waals surface area contributed by atoms with Gasteiger partial charge in [0.2, 0.25) is 0 Å². The van der Waals surface area contributed by atoms with Crippen LogP contribution in [0.4, 0.5) is 0 Å². The fraction of sp³-hybridized carbons (Fsp3) is 0.875. The molecule has 0 bridgehead atoms. The van der Waals surface area contributed by atoms with Crippen molar-refractivity contribution < 1.29 is 0 Å². The van der Waals surface area contributed by atoms with Gasteiger partial charge in [0.1, 0.15) is 0 Å². The van der Waals surface area contributed by atoms with Gasteiger partial charge in [-0.2, -0.15) is 17.0 Å². The van der Waals surface area contributed by atoms with E-state index in [0.29, 0.717) is 0 Å². The third kappa shape index (κ3) is 5.11. The molecule has 0 saturated heterocycles. The fourth-order valence-electron chi connectivity index (χ4n) is 0.778. The summed E-state index contributed by atoms with van der Waals surface area (Å²) in [6.07, 6.45) is 0.974. The predicted octanol–water partition coefficient (Wildman–Crippen LogP) is 1.58. The van der Waals surface area contributed by atoms with Gasteiger partial charge in [0, 0.05) is 0 Å². The van der Waals surface area contributed by atoms with E-state index in [4.69, 9.17) is 5.26 Å². The molecule has 0 aliphatic carbocycles. The fourth-order valence-corrected chi connectivity index (χ4v) is 1.46. The summed E-state index contributed by atoms with van der Waals surface area (Å²) in [7, 11) is 3.90. The number of hydrogen-bond donors (Lipinski definition) is 0. The molecule has 0 aliphatic heterocycles. The van der Waals surface area contributed by atoms with E-state index < -0.39 is 0 Å². The van der Waals surface area contributed by atoms with E-state index in [9.17, 15) is 0 Å². The van der Waals surface area contributed by atoms with E-state index in [1.165, 1.54) is 0 Å². The van der Waals surface area contributed by atoms with Gasteiger partial charge in [-0.3, -0.25) is 4.90 Å². The SMILES string of the molecule is CCSCCC(C#N)N(C)C. The molecule has 1 unspecified atom stereocenters. The molecule has 0 aromatic carbocycles. The standard InChI is InChI=1S/C8H16N2S/c1-4-11-6-5-8(7-9)10(2)3/h8H,4-6H2,1-3H3. The van der Waals surface area contributed by atoms with Crippen LogP contribution < -0.4 is 0 Å². The van der Waals surface area contributed by atoms with Crippen LogP contribution in [0.15, 0.2) is 0 Å². The van der Waals surface area contributed by atoms with E-state index in [2.05, 4.69) is 13.0 Å². The number of rotatable bonds is 5. The first-order valence-corrected chi connectivity index (χ1v) is 5.01. The minimum atomic E-state index is 0.0917. The second kappa shape index (κ2) is 6.51. The Morgan fingerprint density at radius 1 is 1.55 bits per heavy atom. The van der Waals surface area contributed by atoms with E-state index in [-0.39, 0.29) is 6.04 Å². The second-order valence-electron chi connectivity index (χ2n) is 2.59. The van der Waals surface area contributed by atoms with Gasteiger partial charge in [-0.05, 0) is 32.0 Å². The van der Waals surface area contributed by atoms with Crippen molar-refractivity contribution in [2.75, 3.05) is 25.6 Å². The van der Waals surface area contributed by atoms with Gasteiger partial charge in [-0.15, -0.1) is 0 Å². The zero-order valence-electron chi connectivity index (χ0n) is 7.50. The lowest BCUT2D eigenvalue weighted by molar-refractivity contribution is 0.344. The molecule has 0 saturated carbocycles. The van der Waals surface area contributed by atoms with Gasteiger partial charge in [0.05, 0.1) is 12.1 Å². The Bertz CT molecular complexity index is 129. The van der Waals surface area contributed by atoms with Crippen molar-refractivity contribution in [1.29, 1.82) is 5.26 Å². The predicted molar refractivity (Wildman–Crippen MR) is 50.7 cm³/mol. The van der Waals surface area contributed by atoms with Gasteiger partial charge in [-0.1, -0.05) is 6.92 Å². The third-order valence-electron chi connectivity index (χ3n) is 1.51. The molecule has 64 valence electrons. The van der Waals surface area contributed by atoms with Crippen LogP contribution in [-0.4, -0.2) is 36.5 Å². The van der Waals surface area contributed by atoms with Crippen molar-refractivity contribution in [2.24, 2.45) is 0 Å². The molecular weight excluding hydrogens is 156 g/mol. The number of hydrogen-bond acceptors (Lipinski definition) is 3. The largest absolute Gasteiger partial charge is 0.294 e. The van der Waals surface area contributed by atoms with Crippen molar-refractivity contribution >= 4 is 11.8 Å². The van der Waals surface area contributed by atoms with E-state index >= 15 is 0 Å².